The average molecular weight is 638 g/mol. The highest BCUT2D eigenvalue weighted by molar-refractivity contribution is 6.24. The van der Waals surface area contributed by atoms with Gasteiger partial charge in [-0.25, -0.2) is 15.0 Å². The molecule has 0 aliphatic heterocycles. The molecule has 0 unspecified atom stereocenters. The van der Waals surface area contributed by atoms with Gasteiger partial charge in [0.1, 0.15) is 0 Å². The lowest BCUT2D eigenvalue weighted by molar-refractivity contribution is 1.07. The maximum absolute atomic E-state index is 5.05. The Bertz CT molecular complexity index is 2970. The Balaban J connectivity index is 1.21. The standard InChI is InChI=1S/C45H27N5/c1-3-13-28(14-4-1)43-46-44(29-15-5-2-6-16-29)48-45(47-43)30-23-24-41-35(25-30)37-27-31(26-36-34-19-9-12-22-40(34)50(41)42(36)37)49-38-20-10-7-17-32(38)33-18-8-11-21-39(33)49/h1-27H. The molecule has 0 bridgehead atoms. The summed E-state index contributed by atoms with van der Waals surface area (Å²) in [6, 6.07) is 57.8. The van der Waals surface area contributed by atoms with Crippen LogP contribution in [0.4, 0.5) is 0 Å². The molecule has 0 fully saturated rings. The van der Waals surface area contributed by atoms with Crippen molar-refractivity contribution in [3.8, 4) is 39.9 Å². The Kier molecular flexibility index (Phi) is 5.60. The Morgan fingerprint density at radius 3 is 1.34 bits per heavy atom. The van der Waals surface area contributed by atoms with E-state index in [0.717, 1.165) is 27.9 Å². The van der Waals surface area contributed by atoms with E-state index in [1.54, 1.807) is 0 Å². The Hall–Kier alpha value is -6.85. The molecule has 0 saturated carbocycles. The van der Waals surface area contributed by atoms with Crippen molar-refractivity contribution >= 4 is 59.9 Å². The van der Waals surface area contributed by atoms with E-state index in [1.165, 1.54) is 54.4 Å². The van der Waals surface area contributed by atoms with Crippen LogP contribution in [-0.2, 0) is 0 Å². The second-order valence-electron chi connectivity index (χ2n) is 12.9. The molecule has 5 heteroatoms. The summed E-state index contributed by atoms with van der Waals surface area (Å²) in [4.78, 5) is 15.0. The zero-order valence-electron chi connectivity index (χ0n) is 26.8. The van der Waals surface area contributed by atoms with Gasteiger partial charge in [-0.2, -0.15) is 0 Å². The van der Waals surface area contributed by atoms with E-state index >= 15 is 0 Å². The average Bonchev–Trinajstić information content (AvgIpc) is 3.83. The Morgan fingerprint density at radius 1 is 0.320 bits per heavy atom. The fraction of sp³-hybridized carbons (Fsp3) is 0. The minimum Gasteiger partial charge on any atom is -0.309 e. The molecule has 5 nitrogen and oxygen atoms in total. The third-order valence-corrected chi connectivity index (χ3v) is 10.1. The molecule has 0 N–H and O–H groups in total. The lowest BCUT2D eigenvalue weighted by Gasteiger charge is -2.10. The van der Waals surface area contributed by atoms with Crippen molar-refractivity contribution in [2.45, 2.75) is 0 Å². The van der Waals surface area contributed by atoms with Gasteiger partial charge in [0.2, 0.25) is 0 Å². The third-order valence-electron chi connectivity index (χ3n) is 10.1. The first kappa shape index (κ1) is 27.1. The van der Waals surface area contributed by atoms with Crippen molar-refractivity contribution in [1.82, 2.24) is 23.9 Å². The number of hydrogen-bond acceptors (Lipinski definition) is 3. The van der Waals surface area contributed by atoms with Crippen molar-refractivity contribution < 1.29 is 0 Å². The highest BCUT2D eigenvalue weighted by atomic mass is 15.0. The predicted octanol–water partition coefficient (Wildman–Crippen LogP) is 11.1. The van der Waals surface area contributed by atoms with Gasteiger partial charge in [0, 0.05) is 54.7 Å². The van der Waals surface area contributed by atoms with Gasteiger partial charge in [-0.05, 0) is 48.5 Å². The van der Waals surface area contributed by atoms with Crippen LogP contribution in [0.2, 0.25) is 0 Å². The Labute approximate surface area is 286 Å². The molecule has 0 aliphatic rings. The van der Waals surface area contributed by atoms with Crippen LogP contribution in [0.15, 0.2) is 164 Å². The number of rotatable bonds is 4. The lowest BCUT2D eigenvalue weighted by Crippen LogP contribution is -2.00. The molecule has 50 heavy (non-hydrogen) atoms. The molecule has 0 spiro atoms. The smallest absolute Gasteiger partial charge is 0.164 e. The number of para-hydroxylation sites is 3. The van der Waals surface area contributed by atoms with E-state index in [-0.39, 0.29) is 0 Å². The monoisotopic (exact) mass is 637 g/mol. The van der Waals surface area contributed by atoms with E-state index in [1.807, 2.05) is 60.7 Å². The molecule has 7 aromatic carbocycles. The van der Waals surface area contributed by atoms with Crippen molar-refractivity contribution in [3.05, 3.63) is 164 Å². The first-order valence-electron chi connectivity index (χ1n) is 16.9. The van der Waals surface area contributed by atoms with Gasteiger partial charge in [-0.15, -0.1) is 0 Å². The number of aromatic nitrogens is 5. The minimum atomic E-state index is 0.650. The first-order chi connectivity index (χ1) is 24.8. The lowest BCUT2D eigenvalue weighted by atomic mass is 10.0. The molecule has 0 radical (unpaired) electrons. The van der Waals surface area contributed by atoms with Crippen LogP contribution < -0.4 is 0 Å². The van der Waals surface area contributed by atoms with Crippen molar-refractivity contribution in [3.63, 3.8) is 0 Å². The van der Waals surface area contributed by atoms with Crippen LogP contribution in [-0.4, -0.2) is 23.9 Å². The molecule has 4 aromatic heterocycles. The summed E-state index contributed by atoms with van der Waals surface area (Å²) in [6.45, 7) is 0. The minimum absolute atomic E-state index is 0.650. The highest BCUT2D eigenvalue weighted by Crippen LogP contribution is 2.43. The summed E-state index contributed by atoms with van der Waals surface area (Å²) in [5.41, 5.74) is 9.99. The summed E-state index contributed by atoms with van der Waals surface area (Å²) < 4.78 is 4.84. The second-order valence-corrected chi connectivity index (χ2v) is 12.9. The van der Waals surface area contributed by atoms with Crippen LogP contribution in [0.25, 0.3) is 99.8 Å². The van der Waals surface area contributed by atoms with Crippen LogP contribution in [0.3, 0.4) is 0 Å². The number of fused-ring (bicyclic) bond motifs is 9. The molecular weight excluding hydrogens is 611 g/mol. The molecule has 232 valence electrons. The van der Waals surface area contributed by atoms with Gasteiger partial charge in [0.15, 0.2) is 17.5 Å². The molecule has 4 heterocycles. The Morgan fingerprint density at radius 2 is 0.760 bits per heavy atom. The third kappa shape index (κ3) is 3.86. The van der Waals surface area contributed by atoms with Gasteiger partial charge < -0.3 is 8.97 Å². The number of nitrogens with zero attached hydrogens (tertiary/aromatic N) is 5. The molecule has 0 aliphatic carbocycles. The van der Waals surface area contributed by atoms with E-state index < -0.39 is 0 Å². The van der Waals surface area contributed by atoms with Gasteiger partial charge in [0.25, 0.3) is 0 Å². The van der Waals surface area contributed by atoms with Gasteiger partial charge in [0.05, 0.1) is 27.6 Å². The van der Waals surface area contributed by atoms with Crippen molar-refractivity contribution in [2.24, 2.45) is 0 Å². The summed E-state index contributed by atoms with van der Waals surface area (Å²) in [6.07, 6.45) is 0. The molecular formula is C45H27N5. The first-order valence-corrected chi connectivity index (χ1v) is 16.9. The summed E-state index contributed by atoms with van der Waals surface area (Å²) >= 11 is 0. The quantitative estimate of drug-likeness (QED) is 0.193. The SMILES string of the molecule is c1ccc(-c2nc(-c3ccccc3)nc(-c3ccc4c(c3)c3cc(-n5c6ccccc6c6ccccc65)cc5c6ccccc6n4c53)n2)cc1. The maximum Gasteiger partial charge on any atom is 0.164 e. The molecule has 0 saturated heterocycles. The molecule has 0 atom stereocenters. The van der Waals surface area contributed by atoms with E-state index in [2.05, 4.69) is 112 Å². The number of hydrogen-bond donors (Lipinski definition) is 0. The van der Waals surface area contributed by atoms with Crippen LogP contribution >= 0.6 is 0 Å². The topological polar surface area (TPSA) is 48.0 Å². The van der Waals surface area contributed by atoms with Crippen LogP contribution in [0.1, 0.15) is 0 Å². The van der Waals surface area contributed by atoms with E-state index in [4.69, 9.17) is 15.0 Å². The van der Waals surface area contributed by atoms with Crippen LogP contribution in [0.5, 0.6) is 0 Å². The zero-order chi connectivity index (χ0) is 32.8. The molecule has 11 aromatic rings. The summed E-state index contributed by atoms with van der Waals surface area (Å²) in [5, 5.41) is 7.36. The largest absolute Gasteiger partial charge is 0.309 e. The summed E-state index contributed by atoms with van der Waals surface area (Å²) in [5.74, 6) is 1.96. The van der Waals surface area contributed by atoms with E-state index in [0.29, 0.717) is 17.5 Å². The highest BCUT2D eigenvalue weighted by Gasteiger charge is 2.21. The molecule has 11 rings (SSSR count). The predicted molar refractivity (Wildman–Crippen MR) is 205 cm³/mol. The van der Waals surface area contributed by atoms with Gasteiger partial charge in [-0.1, -0.05) is 115 Å². The summed E-state index contributed by atoms with van der Waals surface area (Å²) in [7, 11) is 0. The van der Waals surface area contributed by atoms with Crippen LogP contribution in [0, 0.1) is 0 Å². The number of benzene rings is 7. The van der Waals surface area contributed by atoms with Gasteiger partial charge >= 0.3 is 0 Å². The van der Waals surface area contributed by atoms with Crippen molar-refractivity contribution in [1.29, 1.82) is 0 Å². The molecule has 0 amide bonds. The van der Waals surface area contributed by atoms with E-state index in [9.17, 15) is 0 Å². The zero-order valence-corrected chi connectivity index (χ0v) is 26.8. The van der Waals surface area contributed by atoms with Crippen molar-refractivity contribution in [2.75, 3.05) is 0 Å². The van der Waals surface area contributed by atoms with Gasteiger partial charge in [-0.3, -0.25) is 0 Å². The normalized spacial score (nSPS) is 12.0. The second kappa shape index (κ2) is 10.3. The fourth-order valence-electron chi connectivity index (χ4n) is 7.89. The maximum atomic E-state index is 5.05. The fourth-order valence-corrected chi connectivity index (χ4v) is 7.89.